The van der Waals surface area contributed by atoms with Crippen molar-refractivity contribution in [3.8, 4) is 5.75 Å². The van der Waals surface area contributed by atoms with Crippen LogP contribution in [0.1, 0.15) is 69.1 Å². The third kappa shape index (κ3) is 7.31. The number of aliphatic carboxylic acids is 1. The summed E-state index contributed by atoms with van der Waals surface area (Å²) >= 11 is 7.91. The largest absolute Gasteiger partial charge is 0.481 e. The molecule has 9 heteroatoms. The van der Waals surface area contributed by atoms with Crippen LogP contribution in [0.15, 0.2) is 71.9 Å². The number of ketones is 1. The van der Waals surface area contributed by atoms with Crippen molar-refractivity contribution >= 4 is 46.0 Å². The van der Waals surface area contributed by atoms with Crippen LogP contribution in [0.2, 0.25) is 5.02 Å². The number of halogens is 1. The zero-order valence-electron chi connectivity index (χ0n) is 25.9. The van der Waals surface area contributed by atoms with Crippen LogP contribution >= 0.6 is 23.4 Å². The first kappa shape index (κ1) is 32.1. The number of ether oxygens (including phenoxy) is 1. The van der Waals surface area contributed by atoms with Gasteiger partial charge in [-0.15, -0.1) is 11.8 Å². The predicted octanol–water partition coefficient (Wildman–Crippen LogP) is 7.66. The molecular weight excluding hydrogens is 594 g/mol. The molecule has 44 heavy (non-hydrogen) atoms. The Bertz CT molecular complexity index is 1640. The Morgan fingerprint density at radius 1 is 1.09 bits per heavy atom. The lowest BCUT2D eigenvalue weighted by Crippen LogP contribution is -2.44. The second kappa shape index (κ2) is 13.0. The summed E-state index contributed by atoms with van der Waals surface area (Å²) in [6.07, 6.45) is 4.72. The Morgan fingerprint density at radius 2 is 1.80 bits per heavy atom. The molecule has 2 aromatic heterocycles. The van der Waals surface area contributed by atoms with Gasteiger partial charge in [0.05, 0.1) is 11.5 Å². The number of hydrogen-bond donors (Lipinski definition) is 2. The van der Waals surface area contributed by atoms with E-state index in [-0.39, 0.29) is 16.6 Å². The van der Waals surface area contributed by atoms with Crippen molar-refractivity contribution in [2.75, 3.05) is 6.54 Å². The normalized spacial score (nSPS) is 16.3. The number of carboxylic acids is 1. The second-order valence-corrected chi connectivity index (χ2v) is 15.4. The van der Waals surface area contributed by atoms with Gasteiger partial charge in [0.15, 0.2) is 6.10 Å². The number of nitrogens with zero attached hydrogens (tertiary/aromatic N) is 2. The summed E-state index contributed by atoms with van der Waals surface area (Å²) in [5.41, 5.74) is 2.57. The number of rotatable bonds is 11. The minimum Gasteiger partial charge on any atom is -0.481 e. The van der Waals surface area contributed by atoms with Gasteiger partial charge in [-0.2, -0.15) is 0 Å². The number of Topliss-reactive ketones (excluding diaryl/α,β-unsaturated/α-hetero) is 1. The fourth-order valence-electron chi connectivity index (χ4n) is 5.59. The Labute approximate surface area is 268 Å². The van der Waals surface area contributed by atoms with E-state index in [1.54, 1.807) is 50.1 Å². The molecule has 232 valence electrons. The van der Waals surface area contributed by atoms with E-state index in [2.05, 4.69) is 35.6 Å². The molecule has 1 saturated heterocycles. The van der Waals surface area contributed by atoms with Gasteiger partial charge >= 0.3 is 5.97 Å². The maximum Gasteiger partial charge on any atom is 0.309 e. The predicted molar refractivity (Wildman–Crippen MR) is 177 cm³/mol. The Hall–Kier alpha value is -3.33. The molecule has 0 amide bonds. The average Bonchev–Trinajstić information content (AvgIpc) is 3.60. The highest BCUT2D eigenvalue weighted by Gasteiger charge is 2.35. The van der Waals surface area contributed by atoms with Crippen LogP contribution in [0.3, 0.4) is 0 Å². The number of benzene rings is 2. The van der Waals surface area contributed by atoms with Crippen LogP contribution in [-0.2, 0) is 17.8 Å². The Balaban J connectivity index is 1.64. The van der Waals surface area contributed by atoms with Crippen molar-refractivity contribution in [3.05, 3.63) is 88.8 Å². The first-order chi connectivity index (χ1) is 20.8. The van der Waals surface area contributed by atoms with Crippen molar-refractivity contribution in [1.82, 2.24) is 14.9 Å². The zero-order chi connectivity index (χ0) is 31.6. The van der Waals surface area contributed by atoms with Crippen LogP contribution in [-0.4, -0.2) is 49.8 Å². The highest BCUT2D eigenvalue weighted by Crippen LogP contribution is 2.44. The van der Waals surface area contributed by atoms with Crippen LogP contribution in [0, 0.1) is 5.41 Å². The third-order valence-corrected chi connectivity index (χ3v) is 9.42. The zero-order valence-corrected chi connectivity index (χ0v) is 27.5. The van der Waals surface area contributed by atoms with E-state index in [0.717, 1.165) is 46.4 Å². The standard InChI is InChI=1S/C35H40ClN3O4S/c1-34(2,3)44-32-26-19-25(43-31(27-7-6-16-38-27)30(40)23-14-17-37-18-15-23)12-13-28(26)39(21-22-8-10-24(36)11-9-22)29(32)20-35(4,5)33(41)42/h8-15,17-19,27,31,38H,6-7,16,20-21H2,1-5H3,(H,41,42). The van der Waals surface area contributed by atoms with Gasteiger partial charge in [0.1, 0.15) is 5.75 Å². The molecule has 2 unspecified atom stereocenters. The van der Waals surface area contributed by atoms with Gasteiger partial charge in [0.25, 0.3) is 0 Å². The van der Waals surface area contributed by atoms with E-state index >= 15 is 0 Å². The van der Waals surface area contributed by atoms with Gasteiger partial charge in [0.2, 0.25) is 5.78 Å². The molecule has 0 bridgehead atoms. The van der Waals surface area contributed by atoms with Gasteiger partial charge in [-0.3, -0.25) is 14.6 Å². The summed E-state index contributed by atoms with van der Waals surface area (Å²) in [5.74, 6) is -0.333. The van der Waals surface area contributed by atoms with E-state index in [0.29, 0.717) is 29.3 Å². The number of pyridine rings is 1. The molecule has 0 saturated carbocycles. The van der Waals surface area contributed by atoms with Gasteiger partial charge in [0, 0.05) is 62.2 Å². The molecule has 5 rings (SSSR count). The molecule has 1 aliphatic heterocycles. The summed E-state index contributed by atoms with van der Waals surface area (Å²) in [6.45, 7) is 11.4. The lowest BCUT2D eigenvalue weighted by atomic mass is 9.88. The number of nitrogens with one attached hydrogen (secondary N) is 1. The monoisotopic (exact) mass is 633 g/mol. The average molecular weight is 634 g/mol. The quantitative estimate of drug-likeness (QED) is 0.129. The summed E-state index contributed by atoms with van der Waals surface area (Å²) in [6, 6.07) is 17.0. The van der Waals surface area contributed by atoms with Crippen LogP contribution in [0.25, 0.3) is 10.9 Å². The SMILES string of the molecule is CC(C)(C)Sc1c(CC(C)(C)C(=O)O)n(Cc2ccc(Cl)cc2)c2ccc(OC(C(=O)c3ccncc3)C3CCCN3)cc12. The number of carboxylic acid groups (broad SMARTS) is 1. The fraction of sp³-hybridized carbons (Fsp3) is 0.400. The Kier molecular flexibility index (Phi) is 9.44. The molecule has 2 atom stereocenters. The minimum atomic E-state index is -0.991. The van der Waals surface area contributed by atoms with Crippen LogP contribution in [0.4, 0.5) is 0 Å². The van der Waals surface area contributed by atoms with Crippen molar-refractivity contribution in [3.63, 3.8) is 0 Å². The smallest absolute Gasteiger partial charge is 0.309 e. The van der Waals surface area contributed by atoms with Gasteiger partial charge in [-0.25, -0.2) is 0 Å². The van der Waals surface area contributed by atoms with Gasteiger partial charge in [-0.05, 0) is 81.3 Å². The molecule has 1 fully saturated rings. The minimum absolute atomic E-state index is 0.0830. The van der Waals surface area contributed by atoms with Crippen molar-refractivity contribution < 1.29 is 19.4 Å². The first-order valence-electron chi connectivity index (χ1n) is 15.0. The molecule has 2 N–H and O–H groups in total. The summed E-state index contributed by atoms with van der Waals surface area (Å²) < 4.78 is 8.64. The number of carbonyl (C=O) groups is 2. The molecule has 0 aliphatic carbocycles. The van der Waals surface area contributed by atoms with Crippen molar-refractivity contribution in [1.29, 1.82) is 0 Å². The van der Waals surface area contributed by atoms with Crippen molar-refractivity contribution in [2.45, 2.75) is 82.2 Å². The second-order valence-electron chi connectivity index (χ2n) is 13.1. The maximum atomic E-state index is 13.7. The molecule has 7 nitrogen and oxygen atoms in total. The number of carbonyl (C=O) groups excluding carboxylic acids is 1. The molecule has 0 spiro atoms. The molecule has 4 aromatic rings. The molecule has 2 aromatic carbocycles. The highest BCUT2D eigenvalue weighted by atomic mass is 35.5. The maximum absolute atomic E-state index is 13.7. The summed E-state index contributed by atoms with van der Waals surface area (Å²) in [7, 11) is 0. The lowest BCUT2D eigenvalue weighted by molar-refractivity contribution is -0.146. The number of aromatic nitrogens is 2. The highest BCUT2D eigenvalue weighted by molar-refractivity contribution is 8.00. The van der Waals surface area contributed by atoms with Crippen LogP contribution < -0.4 is 10.1 Å². The van der Waals surface area contributed by atoms with E-state index < -0.39 is 17.5 Å². The molecule has 1 aliphatic rings. The topological polar surface area (TPSA) is 93.5 Å². The van der Waals surface area contributed by atoms with E-state index in [1.165, 1.54) is 0 Å². The van der Waals surface area contributed by atoms with E-state index in [4.69, 9.17) is 16.3 Å². The Morgan fingerprint density at radius 3 is 2.41 bits per heavy atom. The fourth-order valence-corrected chi connectivity index (χ4v) is 6.90. The summed E-state index contributed by atoms with van der Waals surface area (Å²) in [4.78, 5) is 31.1. The van der Waals surface area contributed by atoms with Crippen LogP contribution in [0.5, 0.6) is 5.75 Å². The van der Waals surface area contributed by atoms with E-state index in [1.807, 2.05) is 42.5 Å². The van der Waals surface area contributed by atoms with Gasteiger partial charge < -0.3 is 19.7 Å². The van der Waals surface area contributed by atoms with E-state index in [9.17, 15) is 14.7 Å². The van der Waals surface area contributed by atoms with Gasteiger partial charge in [-0.1, -0.05) is 44.5 Å². The third-order valence-electron chi connectivity index (χ3n) is 7.89. The van der Waals surface area contributed by atoms with Crippen molar-refractivity contribution in [2.24, 2.45) is 5.41 Å². The summed E-state index contributed by atoms with van der Waals surface area (Å²) in [5, 5.41) is 15.2. The first-order valence-corrected chi connectivity index (χ1v) is 16.2. The number of thioether (sulfide) groups is 1. The lowest BCUT2D eigenvalue weighted by Gasteiger charge is -2.24. The number of fused-ring (bicyclic) bond motifs is 1. The molecular formula is C35H40ClN3O4S. The molecule has 0 radical (unpaired) electrons. The molecule has 3 heterocycles. The number of hydrogen-bond acceptors (Lipinski definition) is 6.